The lowest BCUT2D eigenvalue weighted by Crippen LogP contribution is -2.35. The van der Waals surface area contributed by atoms with Gasteiger partial charge in [0, 0.05) is 10.0 Å². The van der Waals surface area contributed by atoms with Crippen molar-refractivity contribution in [3.05, 3.63) is 33.8 Å². The molecule has 1 aromatic rings. The fraction of sp³-hybridized carbons (Fsp3) is 0.533. The summed E-state index contributed by atoms with van der Waals surface area (Å²) in [6.45, 7) is 2.01. The van der Waals surface area contributed by atoms with Crippen LogP contribution in [0.15, 0.2) is 23.2 Å². The lowest BCUT2D eigenvalue weighted by atomic mass is 9.96. The third-order valence-electron chi connectivity index (χ3n) is 3.69. The van der Waals surface area contributed by atoms with Gasteiger partial charge in [-0.15, -0.1) is 0 Å². The van der Waals surface area contributed by atoms with Gasteiger partial charge >= 0.3 is 0 Å². The van der Waals surface area contributed by atoms with Crippen molar-refractivity contribution in [2.45, 2.75) is 51.1 Å². The molecule has 0 spiro atoms. The minimum Gasteiger partial charge on any atom is -0.370 e. The molecular formula is C15H21Cl2N3. The van der Waals surface area contributed by atoms with Crippen LogP contribution >= 0.6 is 23.2 Å². The summed E-state index contributed by atoms with van der Waals surface area (Å²) in [5, 5.41) is 4.48. The second-order valence-corrected chi connectivity index (χ2v) is 6.18. The Bertz CT molecular complexity index is 482. The van der Waals surface area contributed by atoms with Gasteiger partial charge in [-0.25, -0.2) is 0 Å². The first-order chi connectivity index (χ1) is 9.56. The van der Waals surface area contributed by atoms with Gasteiger partial charge in [0.15, 0.2) is 5.96 Å². The number of aliphatic imine (C=N–C) groups is 1. The third-order valence-corrected chi connectivity index (χ3v) is 4.25. The van der Waals surface area contributed by atoms with Crippen LogP contribution in [0.1, 0.15) is 50.6 Å². The topological polar surface area (TPSA) is 50.4 Å². The van der Waals surface area contributed by atoms with Gasteiger partial charge in [-0.1, -0.05) is 48.5 Å². The normalized spacial score (nSPS) is 18.9. The Morgan fingerprint density at radius 2 is 2.00 bits per heavy atom. The fourth-order valence-electron chi connectivity index (χ4n) is 2.60. The minimum absolute atomic E-state index is 0.00658. The number of nitrogens with two attached hydrogens (primary N) is 1. The van der Waals surface area contributed by atoms with Crippen molar-refractivity contribution >= 4 is 29.2 Å². The Kier molecular flexibility index (Phi) is 5.55. The van der Waals surface area contributed by atoms with Crippen LogP contribution in [-0.4, -0.2) is 12.0 Å². The van der Waals surface area contributed by atoms with E-state index in [2.05, 4.69) is 10.3 Å². The molecule has 1 aliphatic rings. The first-order valence-electron chi connectivity index (χ1n) is 7.11. The van der Waals surface area contributed by atoms with Crippen LogP contribution in [-0.2, 0) is 0 Å². The zero-order chi connectivity index (χ0) is 14.5. The van der Waals surface area contributed by atoms with Crippen LogP contribution in [0.2, 0.25) is 10.0 Å². The SMILES string of the molecule is CC(NC(N)=NC1CCCCC1)c1ccc(Cl)cc1Cl. The van der Waals surface area contributed by atoms with E-state index in [4.69, 9.17) is 28.9 Å². The molecule has 1 saturated carbocycles. The van der Waals surface area contributed by atoms with Gasteiger partial charge in [-0.05, 0) is 37.5 Å². The summed E-state index contributed by atoms with van der Waals surface area (Å²) in [5.41, 5.74) is 6.96. The van der Waals surface area contributed by atoms with Crippen molar-refractivity contribution in [2.24, 2.45) is 10.7 Å². The van der Waals surface area contributed by atoms with Crippen molar-refractivity contribution in [3.63, 3.8) is 0 Å². The highest BCUT2D eigenvalue weighted by Crippen LogP contribution is 2.26. The number of hydrogen-bond donors (Lipinski definition) is 2. The molecule has 5 heteroatoms. The number of nitrogens with zero attached hydrogens (tertiary/aromatic N) is 1. The van der Waals surface area contributed by atoms with Crippen molar-refractivity contribution < 1.29 is 0 Å². The van der Waals surface area contributed by atoms with Crippen LogP contribution < -0.4 is 11.1 Å². The van der Waals surface area contributed by atoms with Crippen LogP contribution in [0.5, 0.6) is 0 Å². The number of hydrogen-bond acceptors (Lipinski definition) is 1. The minimum atomic E-state index is 0.00658. The maximum atomic E-state index is 6.19. The Morgan fingerprint density at radius 3 is 2.65 bits per heavy atom. The molecule has 0 bridgehead atoms. The van der Waals surface area contributed by atoms with Crippen molar-refractivity contribution in [1.29, 1.82) is 0 Å². The Morgan fingerprint density at radius 1 is 1.30 bits per heavy atom. The highest BCUT2D eigenvalue weighted by molar-refractivity contribution is 6.35. The fourth-order valence-corrected chi connectivity index (χ4v) is 3.17. The molecule has 0 amide bonds. The molecule has 0 aromatic heterocycles. The van der Waals surface area contributed by atoms with Gasteiger partial charge in [0.05, 0.1) is 12.1 Å². The van der Waals surface area contributed by atoms with E-state index in [1.165, 1.54) is 19.3 Å². The molecule has 2 rings (SSSR count). The molecule has 0 saturated heterocycles. The van der Waals surface area contributed by atoms with Crippen LogP contribution in [0, 0.1) is 0 Å². The van der Waals surface area contributed by atoms with E-state index in [1.807, 2.05) is 19.1 Å². The lowest BCUT2D eigenvalue weighted by molar-refractivity contribution is 0.441. The first kappa shape index (κ1) is 15.5. The summed E-state index contributed by atoms with van der Waals surface area (Å²) in [7, 11) is 0. The first-order valence-corrected chi connectivity index (χ1v) is 7.86. The van der Waals surface area contributed by atoms with E-state index in [1.54, 1.807) is 6.07 Å². The maximum Gasteiger partial charge on any atom is 0.189 e. The van der Waals surface area contributed by atoms with Crippen molar-refractivity contribution in [2.75, 3.05) is 0 Å². The average molecular weight is 314 g/mol. The number of guanidine groups is 1. The molecule has 20 heavy (non-hydrogen) atoms. The van der Waals surface area contributed by atoms with E-state index < -0.39 is 0 Å². The molecule has 1 atom stereocenters. The number of halogens is 2. The summed E-state index contributed by atoms with van der Waals surface area (Å²) in [4.78, 5) is 4.56. The summed E-state index contributed by atoms with van der Waals surface area (Å²) in [5.74, 6) is 0.496. The molecule has 0 aliphatic heterocycles. The largest absolute Gasteiger partial charge is 0.370 e. The van der Waals surface area contributed by atoms with Gasteiger partial charge in [-0.2, -0.15) is 0 Å². The molecule has 0 radical (unpaired) electrons. The Balaban J connectivity index is 1.99. The van der Waals surface area contributed by atoms with Crippen molar-refractivity contribution in [1.82, 2.24) is 5.32 Å². The van der Waals surface area contributed by atoms with Gasteiger partial charge in [0.2, 0.25) is 0 Å². The monoisotopic (exact) mass is 313 g/mol. The van der Waals surface area contributed by atoms with E-state index in [9.17, 15) is 0 Å². The summed E-state index contributed by atoms with van der Waals surface area (Å²) < 4.78 is 0. The van der Waals surface area contributed by atoms with E-state index in [0.29, 0.717) is 22.0 Å². The second kappa shape index (κ2) is 7.19. The van der Waals surface area contributed by atoms with Gasteiger partial charge in [0.1, 0.15) is 0 Å². The van der Waals surface area contributed by atoms with E-state index >= 15 is 0 Å². The van der Waals surface area contributed by atoms with Gasteiger partial charge < -0.3 is 11.1 Å². The lowest BCUT2D eigenvalue weighted by Gasteiger charge is -2.21. The van der Waals surface area contributed by atoms with Crippen LogP contribution in [0.3, 0.4) is 0 Å². The highest BCUT2D eigenvalue weighted by atomic mass is 35.5. The highest BCUT2D eigenvalue weighted by Gasteiger charge is 2.14. The molecule has 1 unspecified atom stereocenters. The Labute approximate surface area is 130 Å². The molecule has 0 heterocycles. The smallest absolute Gasteiger partial charge is 0.189 e. The van der Waals surface area contributed by atoms with Gasteiger partial charge in [-0.3, -0.25) is 4.99 Å². The summed E-state index contributed by atoms with van der Waals surface area (Å²) in [6.07, 6.45) is 6.09. The summed E-state index contributed by atoms with van der Waals surface area (Å²) in [6, 6.07) is 5.85. The average Bonchev–Trinajstić information content (AvgIpc) is 2.39. The molecule has 1 fully saturated rings. The van der Waals surface area contributed by atoms with Crippen LogP contribution in [0.4, 0.5) is 0 Å². The van der Waals surface area contributed by atoms with E-state index in [-0.39, 0.29) is 6.04 Å². The Hall–Kier alpha value is -0.930. The van der Waals surface area contributed by atoms with Crippen molar-refractivity contribution in [3.8, 4) is 0 Å². The second-order valence-electron chi connectivity index (χ2n) is 5.34. The van der Waals surface area contributed by atoms with Crippen LogP contribution in [0.25, 0.3) is 0 Å². The maximum absolute atomic E-state index is 6.19. The molecule has 110 valence electrons. The molecule has 3 nitrogen and oxygen atoms in total. The number of nitrogens with one attached hydrogen (secondary N) is 1. The molecule has 1 aliphatic carbocycles. The zero-order valence-corrected chi connectivity index (χ0v) is 13.2. The predicted molar refractivity (Wildman–Crippen MR) is 86.5 cm³/mol. The quantitative estimate of drug-likeness (QED) is 0.646. The van der Waals surface area contributed by atoms with E-state index in [0.717, 1.165) is 18.4 Å². The zero-order valence-electron chi connectivity index (χ0n) is 11.7. The van der Waals surface area contributed by atoms with Gasteiger partial charge in [0.25, 0.3) is 0 Å². The number of rotatable bonds is 3. The molecule has 3 N–H and O–H groups in total. The number of benzene rings is 1. The molecule has 1 aromatic carbocycles. The summed E-state index contributed by atoms with van der Waals surface area (Å²) >= 11 is 12.1. The predicted octanol–water partition coefficient (Wildman–Crippen LogP) is 4.29. The standard InChI is InChI=1S/C15H21Cl2N3/c1-10(13-8-7-11(16)9-14(13)17)19-15(18)20-12-5-3-2-4-6-12/h7-10,12H,2-6H2,1H3,(H3,18,19,20). The molecular weight excluding hydrogens is 293 g/mol. The third kappa shape index (κ3) is 4.29.